The van der Waals surface area contributed by atoms with Crippen LogP contribution in [0.2, 0.25) is 0 Å². The number of hydrogen-bond donors (Lipinski definition) is 2. The van der Waals surface area contributed by atoms with Crippen LogP contribution in [0.4, 0.5) is 0 Å². The molecule has 0 bridgehead atoms. The highest BCUT2D eigenvalue weighted by molar-refractivity contribution is 5.83. The van der Waals surface area contributed by atoms with Gasteiger partial charge in [0.1, 0.15) is 5.54 Å². The average Bonchev–Trinajstić information content (AvgIpc) is 2.82. The average molecular weight is 209 g/mol. The summed E-state index contributed by atoms with van der Waals surface area (Å²) in [5.41, 5.74) is 5.19. The van der Waals surface area contributed by atoms with E-state index in [1.807, 2.05) is 20.8 Å². The highest BCUT2D eigenvalue weighted by atomic mass is 16.2. The van der Waals surface area contributed by atoms with Crippen LogP contribution < -0.4 is 11.1 Å². The molecular weight excluding hydrogens is 190 g/mol. The predicted molar refractivity (Wildman–Crippen MR) is 57.8 cm³/mol. The third-order valence-corrected chi connectivity index (χ3v) is 2.50. The lowest BCUT2D eigenvalue weighted by Gasteiger charge is -2.23. The van der Waals surface area contributed by atoms with Crippen LogP contribution in [0.1, 0.15) is 40.0 Å². The molecule has 0 aromatic rings. The van der Waals surface area contributed by atoms with E-state index in [4.69, 9.17) is 11.0 Å². The molecule has 1 fully saturated rings. The van der Waals surface area contributed by atoms with Crippen molar-refractivity contribution in [2.24, 2.45) is 11.1 Å². The molecule has 1 aliphatic rings. The van der Waals surface area contributed by atoms with E-state index in [0.29, 0.717) is 6.42 Å². The topological polar surface area (TPSA) is 78.9 Å². The zero-order chi connectivity index (χ0) is 11.7. The van der Waals surface area contributed by atoms with Crippen molar-refractivity contribution in [2.75, 3.05) is 0 Å². The van der Waals surface area contributed by atoms with Crippen LogP contribution in [0.5, 0.6) is 0 Å². The van der Waals surface area contributed by atoms with Gasteiger partial charge in [-0.05, 0) is 24.7 Å². The SMILES string of the molecule is CC(C)(C)CC(N)C(=O)NC1(C#N)CC1. The lowest BCUT2D eigenvalue weighted by atomic mass is 9.88. The van der Waals surface area contributed by atoms with E-state index in [1.54, 1.807) is 0 Å². The Balaban J connectivity index is 2.45. The molecule has 0 aromatic heterocycles. The molecule has 1 rings (SSSR count). The van der Waals surface area contributed by atoms with Crippen molar-refractivity contribution in [1.29, 1.82) is 5.26 Å². The predicted octanol–water partition coefficient (Wildman–Crippen LogP) is 0.922. The van der Waals surface area contributed by atoms with Crippen molar-refractivity contribution in [3.63, 3.8) is 0 Å². The highest BCUT2D eigenvalue weighted by Gasteiger charge is 2.45. The molecule has 0 saturated heterocycles. The van der Waals surface area contributed by atoms with Gasteiger partial charge in [0.25, 0.3) is 0 Å². The summed E-state index contributed by atoms with van der Waals surface area (Å²) in [6.45, 7) is 6.12. The maximum Gasteiger partial charge on any atom is 0.238 e. The van der Waals surface area contributed by atoms with Gasteiger partial charge in [-0.1, -0.05) is 20.8 Å². The number of hydrogen-bond acceptors (Lipinski definition) is 3. The molecule has 4 nitrogen and oxygen atoms in total. The summed E-state index contributed by atoms with van der Waals surface area (Å²) in [5.74, 6) is -0.205. The monoisotopic (exact) mass is 209 g/mol. The first-order valence-corrected chi connectivity index (χ1v) is 5.27. The van der Waals surface area contributed by atoms with Gasteiger partial charge >= 0.3 is 0 Å². The maximum absolute atomic E-state index is 11.6. The summed E-state index contributed by atoms with van der Waals surface area (Å²) in [4.78, 5) is 11.6. The number of nitrogens with one attached hydrogen (secondary N) is 1. The van der Waals surface area contributed by atoms with Gasteiger partial charge < -0.3 is 11.1 Å². The number of nitrogens with two attached hydrogens (primary N) is 1. The van der Waals surface area contributed by atoms with Crippen LogP contribution in [-0.2, 0) is 4.79 Å². The first kappa shape index (κ1) is 12.0. The Morgan fingerprint density at radius 1 is 1.60 bits per heavy atom. The van der Waals surface area contributed by atoms with Gasteiger partial charge in [0.15, 0.2) is 0 Å². The fourth-order valence-electron chi connectivity index (χ4n) is 1.47. The highest BCUT2D eigenvalue weighted by Crippen LogP contribution is 2.34. The molecule has 0 aromatic carbocycles. The molecule has 1 amide bonds. The molecule has 0 aliphatic heterocycles. The smallest absolute Gasteiger partial charge is 0.238 e. The van der Waals surface area contributed by atoms with Crippen LogP contribution in [0.15, 0.2) is 0 Å². The van der Waals surface area contributed by atoms with Gasteiger partial charge in [0, 0.05) is 0 Å². The van der Waals surface area contributed by atoms with Crippen LogP contribution in [0.3, 0.4) is 0 Å². The third-order valence-electron chi connectivity index (χ3n) is 2.50. The summed E-state index contributed by atoms with van der Waals surface area (Å²) in [5, 5.41) is 11.5. The minimum absolute atomic E-state index is 0.0279. The maximum atomic E-state index is 11.6. The fourth-order valence-corrected chi connectivity index (χ4v) is 1.47. The van der Waals surface area contributed by atoms with Gasteiger partial charge in [0.05, 0.1) is 12.1 Å². The molecule has 3 N–H and O–H groups in total. The van der Waals surface area contributed by atoms with Gasteiger partial charge in [-0.15, -0.1) is 0 Å². The zero-order valence-corrected chi connectivity index (χ0v) is 9.63. The number of nitrogens with zero attached hydrogens (tertiary/aromatic N) is 1. The Morgan fingerprint density at radius 3 is 2.47 bits per heavy atom. The van der Waals surface area contributed by atoms with Gasteiger partial charge in [-0.25, -0.2) is 0 Å². The van der Waals surface area contributed by atoms with E-state index in [2.05, 4.69) is 11.4 Å². The van der Waals surface area contributed by atoms with Crippen molar-refractivity contribution < 1.29 is 4.79 Å². The summed E-state index contributed by atoms with van der Waals surface area (Å²) >= 11 is 0. The largest absolute Gasteiger partial charge is 0.336 e. The normalized spacial score (nSPS) is 20.2. The Morgan fingerprint density at radius 2 is 2.13 bits per heavy atom. The Bertz CT molecular complexity index is 294. The van der Waals surface area contributed by atoms with Crippen LogP contribution >= 0.6 is 0 Å². The quantitative estimate of drug-likeness (QED) is 0.725. The van der Waals surface area contributed by atoms with Gasteiger partial charge in [-0.2, -0.15) is 5.26 Å². The van der Waals surface area contributed by atoms with Crippen molar-refractivity contribution in [3.8, 4) is 6.07 Å². The lowest BCUT2D eigenvalue weighted by molar-refractivity contribution is -0.123. The molecular formula is C11H19N3O. The molecule has 1 unspecified atom stereocenters. The minimum Gasteiger partial charge on any atom is -0.336 e. The molecule has 84 valence electrons. The standard InChI is InChI=1S/C11H19N3O/c1-10(2,3)6-8(13)9(15)14-11(7-12)4-5-11/h8H,4-6,13H2,1-3H3,(H,14,15). The van der Waals surface area contributed by atoms with Crippen LogP contribution in [0, 0.1) is 16.7 Å². The second kappa shape index (κ2) is 3.82. The molecule has 15 heavy (non-hydrogen) atoms. The first-order chi connectivity index (χ1) is 6.78. The number of carbonyl (C=O) groups is 1. The zero-order valence-electron chi connectivity index (χ0n) is 9.63. The lowest BCUT2D eigenvalue weighted by Crippen LogP contribution is -2.47. The Labute approximate surface area is 90.8 Å². The van der Waals surface area contributed by atoms with Crippen LogP contribution in [0.25, 0.3) is 0 Å². The van der Waals surface area contributed by atoms with E-state index in [9.17, 15) is 4.79 Å². The third kappa shape index (κ3) is 3.52. The van der Waals surface area contributed by atoms with Gasteiger partial charge in [-0.3, -0.25) is 4.79 Å². The molecule has 0 radical (unpaired) electrons. The molecule has 4 heteroatoms. The second-order valence-corrected chi connectivity index (χ2v) is 5.55. The van der Waals surface area contributed by atoms with Crippen molar-refractivity contribution >= 4 is 5.91 Å². The molecule has 1 saturated carbocycles. The summed E-state index contributed by atoms with van der Waals surface area (Å²) in [6.07, 6.45) is 2.12. The molecule has 0 heterocycles. The van der Waals surface area contributed by atoms with E-state index < -0.39 is 11.6 Å². The minimum atomic E-state index is -0.605. The number of rotatable bonds is 3. The van der Waals surface area contributed by atoms with E-state index in [-0.39, 0.29) is 11.3 Å². The summed E-state index contributed by atoms with van der Waals surface area (Å²) in [6, 6.07) is 1.60. The van der Waals surface area contributed by atoms with E-state index in [1.165, 1.54) is 0 Å². The van der Waals surface area contributed by atoms with Crippen molar-refractivity contribution in [2.45, 2.75) is 51.6 Å². The number of nitriles is 1. The Kier molecular flexibility index (Phi) is 3.05. The Hall–Kier alpha value is -1.08. The van der Waals surface area contributed by atoms with E-state index >= 15 is 0 Å². The van der Waals surface area contributed by atoms with Crippen molar-refractivity contribution in [3.05, 3.63) is 0 Å². The molecule has 0 spiro atoms. The van der Waals surface area contributed by atoms with E-state index in [0.717, 1.165) is 12.8 Å². The summed E-state index contributed by atoms with van der Waals surface area (Å²) in [7, 11) is 0. The molecule has 1 aliphatic carbocycles. The summed E-state index contributed by atoms with van der Waals surface area (Å²) < 4.78 is 0. The fraction of sp³-hybridized carbons (Fsp3) is 0.818. The first-order valence-electron chi connectivity index (χ1n) is 5.27. The molecule has 1 atom stereocenters. The number of carbonyl (C=O) groups excluding carboxylic acids is 1. The van der Waals surface area contributed by atoms with Gasteiger partial charge in [0.2, 0.25) is 5.91 Å². The number of amides is 1. The van der Waals surface area contributed by atoms with Crippen molar-refractivity contribution in [1.82, 2.24) is 5.32 Å². The van der Waals surface area contributed by atoms with Crippen LogP contribution in [-0.4, -0.2) is 17.5 Å². The second-order valence-electron chi connectivity index (χ2n) is 5.55.